The van der Waals surface area contributed by atoms with Crippen LogP contribution in [0.25, 0.3) is 0 Å². The number of esters is 1. The van der Waals surface area contributed by atoms with Crippen LogP contribution in [0.4, 0.5) is 0 Å². The van der Waals surface area contributed by atoms with Gasteiger partial charge in [-0.15, -0.1) is 0 Å². The fourth-order valence-corrected chi connectivity index (χ4v) is 1.78. The Morgan fingerprint density at radius 3 is 2.41 bits per heavy atom. The van der Waals surface area contributed by atoms with Gasteiger partial charge in [0.25, 0.3) is 5.91 Å². The molecule has 0 atom stereocenters. The first-order valence-corrected chi connectivity index (χ1v) is 6.83. The van der Waals surface area contributed by atoms with E-state index < -0.39 is 5.97 Å². The molecule has 0 aliphatic heterocycles. The molecule has 0 radical (unpaired) electrons. The molecule has 1 aromatic carbocycles. The highest BCUT2D eigenvalue weighted by molar-refractivity contribution is 5.78. The van der Waals surface area contributed by atoms with E-state index in [-0.39, 0.29) is 38.6 Å². The summed E-state index contributed by atoms with van der Waals surface area (Å²) in [5.41, 5.74) is 0. The predicted octanol–water partition coefficient (Wildman–Crippen LogP) is 0.458. The van der Waals surface area contributed by atoms with Crippen molar-refractivity contribution in [3.05, 3.63) is 24.3 Å². The Labute approximate surface area is 129 Å². The highest BCUT2D eigenvalue weighted by atomic mass is 16.5. The van der Waals surface area contributed by atoms with Gasteiger partial charge in [-0.05, 0) is 12.1 Å². The van der Waals surface area contributed by atoms with E-state index in [1.54, 1.807) is 24.3 Å². The predicted molar refractivity (Wildman–Crippen MR) is 78.8 cm³/mol. The number of para-hydroxylation sites is 2. The largest absolute Gasteiger partial charge is 0.493 e. The molecule has 22 heavy (non-hydrogen) atoms. The van der Waals surface area contributed by atoms with Crippen molar-refractivity contribution in [1.29, 1.82) is 0 Å². The fourth-order valence-electron chi connectivity index (χ4n) is 1.78. The first kappa shape index (κ1) is 17.8. The highest BCUT2D eigenvalue weighted by Crippen LogP contribution is 2.25. The lowest BCUT2D eigenvalue weighted by Crippen LogP contribution is -2.38. The minimum absolute atomic E-state index is 0.0664. The van der Waals surface area contributed by atoms with Crippen LogP contribution >= 0.6 is 0 Å². The van der Waals surface area contributed by atoms with Crippen molar-refractivity contribution in [2.24, 2.45) is 0 Å². The maximum atomic E-state index is 12.1. The highest BCUT2D eigenvalue weighted by Gasteiger charge is 2.16. The Bertz CT molecular complexity index is 491. The van der Waals surface area contributed by atoms with Gasteiger partial charge in [0.05, 0.1) is 27.2 Å². The first-order valence-electron chi connectivity index (χ1n) is 6.83. The van der Waals surface area contributed by atoms with Crippen molar-refractivity contribution in [2.45, 2.75) is 6.42 Å². The van der Waals surface area contributed by atoms with Gasteiger partial charge in [-0.1, -0.05) is 12.1 Å². The smallest absolute Gasteiger partial charge is 0.307 e. The molecule has 1 rings (SSSR count). The van der Waals surface area contributed by atoms with E-state index in [0.717, 1.165) is 0 Å². The van der Waals surface area contributed by atoms with Gasteiger partial charge >= 0.3 is 5.97 Å². The van der Waals surface area contributed by atoms with Crippen molar-refractivity contribution in [2.75, 3.05) is 40.5 Å². The molecule has 1 amide bonds. The number of nitrogens with zero attached hydrogens (tertiary/aromatic N) is 1. The number of carbonyl (C=O) groups excluding carboxylic acids is 2. The van der Waals surface area contributed by atoms with Crippen LogP contribution < -0.4 is 9.47 Å². The zero-order valence-electron chi connectivity index (χ0n) is 12.8. The van der Waals surface area contributed by atoms with E-state index in [1.165, 1.54) is 19.1 Å². The molecule has 1 N–H and O–H groups in total. The number of rotatable bonds is 9. The van der Waals surface area contributed by atoms with E-state index in [2.05, 4.69) is 4.74 Å². The van der Waals surface area contributed by atoms with Gasteiger partial charge in [0.2, 0.25) is 0 Å². The molecular weight excluding hydrogens is 290 g/mol. The maximum absolute atomic E-state index is 12.1. The molecule has 7 nitrogen and oxygen atoms in total. The Kier molecular flexibility index (Phi) is 7.77. The SMILES string of the molecule is COC(=O)CCN(CCO)C(=O)COc1ccccc1OC. The van der Waals surface area contributed by atoms with Crippen LogP contribution in [0.1, 0.15) is 6.42 Å². The third-order valence-corrected chi connectivity index (χ3v) is 2.96. The summed E-state index contributed by atoms with van der Waals surface area (Å²) in [5, 5.41) is 9.00. The average Bonchev–Trinajstić information content (AvgIpc) is 2.56. The fraction of sp³-hybridized carbons (Fsp3) is 0.467. The van der Waals surface area contributed by atoms with Crippen LogP contribution in [0.3, 0.4) is 0 Å². The van der Waals surface area contributed by atoms with E-state index in [1.807, 2.05) is 0 Å². The summed E-state index contributed by atoms with van der Waals surface area (Å²) in [7, 11) is 2.80. The second-order valence-corrected chi connectivity index (χ2v) is 4.37. The number of hydrogen-bond donors (Lipinski definition) is 1. The van der Waals surface area contributed by atoms with Crippen molar-refractivity contribution >= 4 is 11.9 Å². The molecule has 0 saturated carbocycles. The Hall–Kier alpha value is -2.28. The number of methoxy groups -OCH3 is 2. The first-order chi connectivity index (χ1) is 10.6. The summed E-state index contributed by atoms with van der Waals surface area (Å²) >= 11 is 0. The standard InChI is InChI=1S/C15H21NO6/c1-20-12-5-3-4-6-13(12)22-11-14(18)16(9-10-17)8-7-15(19)21-2/h3-6,17H,7-11H2,1-2H3. The summed E-state index contributed by atoms with van der Waals surface area (Å²) in [6.07, 6.45) is 0.0664. The maximum Gasteiger partial charge on any atom is 0.307 e. The zero-order valence-corrected chi connectivity index (χ0v) is 12.8. The summed E-state index contributed by atoms with van der Waals surface area (Å²) in [6, 6.07) is 6.98. The number of aliphatic hydroxyl groups excluding tert-OH is 1. The second-order valence-electron chi connectivity index (χ2n) is 4.37. The van der Waals surface area contributed by atoms with Gasteiger partial charge < -0.3 is 24.2 Å². The monoisotopic (exact) mass is 311 g/mol. The molecule has 0 unspecified atom stereocenters. The van der Waals surface area contributed by atoms with Crippen LogP contribution in [0.2, 0.25) is 0 Å². The van der Waals surface area contributed by atoms with Gasteiger partial charge in [0.15, 0.2) is 18.1 Å². The Morgan fingerprint density at radius 2 is 1.82 bits per heavy atom. The quantitative estimate of drug-likeness (QED) is 0.667. The van der Waals surface area contributed by atoms with E-state index in [9.17, 15) is 9.59 Å². The number of benzene rings is 1. The number of aliphatic hydroxyl groups is 1. The molecule has 0 aliphatic rings. The van der Waals surface area contributed by atoms with Crippen molar-refractivity contribution < 1.29 is 28.9 Å². The van der Waals surface area contributed by atoms with Crippen molar-refractivity contribution in [3.63, 3.8) is 0 Å². The number of carbonyl (C=O) groups is 2. The lowest BCUT2D eigenvalue weighted by Gasteiger charge is -2.21. The average molecular weight is 311 g/mol. The molecule has 0 aromatic heterocycles. The van der Waals surface area contributed by atoms with E-state index >= 15 is 0 Å². The van der Waals surface area contributed by atoms with Crippen LogP contribution in [-0.2, 0) is 14.3 Å². The zero-order chi connectivity index (χ0) is 16.4. The summed E-state index contributed by atoms with van der Waals surface area (Å²) < 4.78 is 15.1. The normalized spacial score (nSPS) is 9.95. The minimum atomic E-state index is -0.415. The molecule has 7 heteroatoms. The van der Waals surface area contributed by atoms with Gasteiger partial charge in [-0.3, -0.25) is 9.59 Å². The topological polar surface area (TPSA) is 85.3 Å². The molecule has 122 valence electrons. The van der Waals surface area contributed by atoms with E-state index in [4.69, 9.17) is 14.6 Å². The molecule has 0 heterocycles. The number of amides is 1. The van der Waals surface area contributed by atoms with Gasteiger partial charge in [0, 0.05) is 13.1 Å². The van der Waals surface area contributed by atoms with Gasteiger partial charge in [0.1, 0.15) is 0 Å². The summed E-state index contributed by atoms with van der Waals surface area (Å²) in [5.74, 6) is 0.235. The molecule has 0 fully saturated rings. The molecule has 0 spiro atoms. The van der Waals surface area contributed by atoms with Crippen LogP contribution in [-0.4, -0.2) is 62.4 Å². The molecule has 0 aliphatic carbocycles. The molecule has 1 aromatic rings. The Morgan fingerprint density at radius 1 is 1.14 bits per heavy atom. The van der Waals surface area contributed by atoms with Crippen molar-refractivity contribution in [3.8, 4) is 11.5 Å². The molecule has 0 bridgehead atoms. The second kappa shape index (κ2) is 9.62. The third-order valence-electron chi connectivity index (χ3n) is 2.96. The van der Waals surface area contributed by atoms with Crippen LogP contribution in [0, 0.1) is 0 Å². The van der Waals surface area contributed by atoms with Gasteiger partial charge in [-0.2, -0.15) is 0 Å². The lowest BCUT2D eigenvalue weighted by molar-refractivity contribution is -0.142. The number of hydrogen-bond acceptors (Lipinski definition) is 6. The van der Waals surface area contributed by atoms with Crippen LogP contribution in [0.15, 0.2) is 24.3 Å². The third kappa shape index (κ3) is 5.61. The van der Waals surface area contributed by atoms with Crippen LogP contribution in [0.5, 0.6) is 11.5 Å². The molecular formula is C15H21NO6. The summed E-state index contributed by atoms with van der Waals surface area (Å²) in [6.45, 7) is -0.102. The van der Waals surface area contributed by atoms with E-state index in [0.29, 0.717) is 11.5 Å². The summed E-state index contributed by atoms with van der Waals surface area (Å²) in [4.78, 5) is 24.6. The Balaban J connectivity index is 2.57. The lowest BCUT2D eigenvalue weighted by atomic mass is 10.3. The number of ether oxygens (including phenoxy) is 3. The minimum Gasteiger partial charge on any atom is -0.493 e. The molecule has 0 saturated heterocycles. The van der Waals surface area contributed by atoms with Gasteiger partial charge in [-0.25, -0.2) is 0 Å². The van der Waals surface area contributed by atoms with Crippen molar-refractivity contribution in [1.82, 2.24) is 4.90 Å².